The van der Waals surface area contributed by atoms with Gasteiger partial charge in [-0.1, -0.05) is 38.3 Å². The summed E-state index contributed by atoms with van der Waals surface area (Å²) in [5, 5.41) is 10.9. The summed E-state index contributed by atoms with van der Waals surface area (Å²) in [7, 11) is 0. The molecule has 1 heterocycles. The molecule has 3 rings (SSSR count). The van der Waals surface area contributed by atoms with Gasteiger partial charge >= 0.3 is 0 Å². The van der Waals surface area contributed by atoms with Gasteiger partial charge in [0.05, 0.1) is 6.42 Å². The maximum absolute atomic E-state index is 12.5. The van der Waals surface area contributed by atoms with E-state index in [1.807, 2.05) is 24.3 Å². The molecule has 1 saturated carbocycles. The van der Waals surface area contributed by atoms with Crippen molar-refractivity contribution in [2.45, 2.75) is 65.2 Å². The number of rotatable bonds is 7. The van der Waals surface area contributed by atoms with Crippen LogP contribution in [0.5, 0.6) is 0 Å². The van der Waals surface area contributed by atoms with Crippen molar-refractivity contribution < 1.29 is 9.21 Å². The summed E-state index contributed by atoms with van der Waals surface area (Å²) in [6, 6.07) is 7.89. The van der Waals surface area contributed by atoms with E-state index in [0.29, 0.717) is 18.2 Å². The van der Waals surface area contributed by atoms with E-state index in [-0.39, 0.29) is 11.8 Å². The number of nitrogens with zero attached hydrogens (tertiary/aromatic N) is 2. The molecule has 1 fully saturated rings. The van der Waals surface area contributed by atoms with Gasteiger partial charge in [0.15, 0.2) is 0 Å². The highest BCUT2D eigenvalue weighted by molar-refractivity contribution is 5.92. The highest BCUT2D eigenvalue weighted by atomic mass is 16.4. The lowest BCUT2D eigenvalue weighted by Crippen LogP contribution is -2.27. The van der Waals surface area contributed by atoms with Crippen molar-refractivity contribution >= 4 is 11.6 Å². The first-order valence-corrected chi connectivity index (χ1v) is 9.83. The monoisotopic (exact) mass is 355 g/mol. The van der Waals surface area contributed by atoms with Gasteiger partial charge in [-0.25, -0.2) is 0 Å². The van der Waals surface area contributed by atoms with Gasteiger partial charge in [0.25, 0.3) is 0 Å². The van der Waals surface area contributed by atoms with E-state index in [4.69, 9.17) is 4.42 Å². The van der Waals surface area contributed by atoms with Crippen LogP contribution in [-0.2, 0) is 11.2 Å². The SMILES string of the molecule is CCCCC1CCC(C(=O)Nc2ccc(Cc3nnc(C)o3)cc2)CC1. The normalized spacial score (nSPS) is 20.1. The predicted molar refractivity (Wildman–Crippen MR) is 102 cm³/mol. The molecule has 140 valence electrons. The van der Waals surface area contributed by atoms with E-state index >= 15 is 0 Å². The number of carbonyl (C=O) groups excluding carboxylic acids is 1. The Kier molecular flexibility index (Phi) is 6.42. The zero-order valence-corrected chi connectivity index (χ0v) is 15.8. The topological polar surface area (TPSA) is 68.0 Å². The average molecular weight is 355 g/mol. The largest absolute Gasteiger partial charge is 0.425 e. The van der Waals surface area contributed by atoms with Crippen molar-refractivity contribution in [3.05, 3.63) is 41.6 Å². The van der Waals surface area contributed by atoms with Crippen LogP contribution < -0.4 is 5.32 Å². The highest BCUT2D eigenvalue weighted by Gasteiger charge is 2.25. The average Bonchev–Trinajstić information content (AvgIpc) is 3.06. The van der Waals surface area contributed by atoms with E-state index in [1.54, 1.807) is 6.92 Å². The lowest BCUT2D eigenvalue weighted by atomic mass is 9.79. The van der Waals surface area contributed by atoms with Gasteiger partial charge in [0.2, 0.25) is 17.7 Å². The van der Waals surface area contributed by atoms with Crippen LogP contribution >= 0.6 is 0 Å². The molecule has 0 radical (unpaired) electrons. The van der Waals surface area contributed by atoms with Crippen LogP contribution in [0.4, 0.5) is 5.69 Å². The second-order valence-electron chi connectivity index (χ2n) is 7.44. The molecule has 26 heavy (non-hydrogen) atoms. The van der Waals surface area contributed by atoms with Gasteiger partial charge in [-0.3, -0.25) is 4.79 Å². The van der Waals surface area contributed by atoms with Crippen molar-refractivity contribution in [2.75, 3.05) is 5.32 Å². The Bertz CT molecular complexity index is 700. The van der Waals surface area contributed by atoms with Crippen molar-refractivity contribution in [1.82, 2.24) is 10.2 Å². The van der Waals surface area contributed by atoms with Gasteiger partial charge in [-0.05, 0) is 49.3 Å². The second-order valence-corrected chi connectivity index (χ2v) is 7.44. The van der Waals surface area contributed by atoms with Crippen LogP contribution in [0.3, 0.4) is 0 Å². The fourth-order valence-electron chi connectivity index (χ4n) is 3.74. The van der Waals surface area contributed by atoms with Crippen LogP contribution in [0.25, 0.3) is 0 Å². The Morgan fingerprint density at radius 1 is 1.15 bits per heavy atom. The molecule has 2 aromatic rings. The van der Waals surface area contributed by atoms with Crippen LogP contribution in [0.1, 0.15) is 69.2 Å². The summed E-state index contributed by atoms with van der Waals surface area (Å²) in [5.74, 6) is 2.34. The lowest BCUT2D eigenvalue weighted by molar-refractivity contribution is -0.121. The fourth-order valence-corrected chi connectivity index (χ4v) is 3.74. The van der Waals surface area contributed by atoms with Crippen molar-refractivity contribution in [3.8, 4) is 0 Å². The lowest BCUT2D eigenvalue weighted by Gasteiger charge is -2.27. The minimum Gasteiger partial charge on any atom is -0.425 e. The fraction of sp³-hybridized carbons (Fsp3) is 0.571. The number of hydrogen-bond acceptors (Lipinski definition) is 4. The third-order valence-electron chi connectivity index (χ3n) is 5.33. The minimum absolute atomic E-state index is 0.161. The molecule has 0 saturated heterocycles. The molecule has 5 heteroatoms. The summed E-state index contributed by atoms with van der Waals surface area (Å²) in [4.78, 5) is 12.5. The molecule has 0 atom stereocenters. The zero-order chi connectivity index (χ0) is 18.4. The quantitative estimate of drug-likeness (QED) is 0.766. The molecule has 0 aliphatic heterocycles. The second kappa shape index (κ2) is 8.97. The van der Waals surface area contributed by atoms with Crippen molar-refractivity contribution in [1.29, 1.82) is 0 Å². The maximum atomic E-state index is 12.5. The molecule has 1 aliphatic carbocycles. The first-order chi connectivity index (χ1) is 12.6. The Hall–Kier alpha value is -2.17. The Morgan fingerprint density at radius 3 is 2.50 bits per heavy atom. The molecule has 1 aliphatic rings. The smallest absolute Gasteiger partial charge is 0.227 e. The molecule has 0 spiro atoms. The Balaban J connectivity index is 1.47. The summed E-state index contributed by atoms with van der Waals surface area (Å²) in [6.45, 7) is 4.03. The molecule has 1 aromatic heterocycles. The predicted octanol–water partition coefficient (Wildman–Crippen LogP) is 4.90. The summed E-state index contributed by atoms with van der Waals surface area (Å²) >= 11 is 0. The van der Waals surface area contributed by atoms with E-state index in [9.17, 15) is 4.79 Å². The molecule has 1 amide bonds. The van der Waals surface area contributed by atoms with Gasteiger partial charge in [0, 0.05) is 18.5 Å². The number of amides is 1. The number of aryl methyl sites for hydroxylation is 1. The zero-order valence-electron chi connectivity index (χ0n) is 15.8. The summed E-state index contributed by atoms with van der Waals surface area (Å²) < 4.78 is 5.40. The third-order valence-corrected chi connectivity index (χ3v) is 5.33. The number of anilines is 1. The molecule has 0 unspecified atom stereocenters. The molecule has 5 nitrogen and oxygen atoms in total. The van der Waals surface area contributed by atoms with Gasteiger partial charge in [0.1, 0.15) is 0 Å². The molecule has 0 bridgehead atoms. The highest BCUT2D eigenvalue weighted by Crippen LogP contribution is 2.32. The van der Waals surface area contributed by atoms with Crippen molar-refractivity contribution in [3.63, 3.8) is 0 Å². The third kappa shape index (κ3) is 5.16. The van der Waals surface area contributed by atoms with E-state index in [0.717, 1.165) is 30.0 Å². The molecule has 1 N–H and O–H groups in total. The number of unbranched alkanes of at least 4 members (excludes halogenated alkanes) is 1. The Morgan fingerprint density at radius 2 is 1.88 bits per heavy atom. The summed E-state index contributed by atoms with van der Waals surface area (Å²) in [6.07, 6.45) is 8.95. The first-order valence-electron chi connectivity index (χ1n) is 9.83. The number of nitrogens with one attached hydrogen (secondary N) is 1. The molecular formula is C21H29N3O2. The van der Waals surface area contributed by atoms with Crippen LogP contribution in [-0.4, -0.2) is 16.1 Å². The van der Waals surface area contributed by atoms with Gasteiger partial charge < -0.3 is 9.73 Å². The number of benzene rings is 1. The number of hydrogen-bond donors (Lipinski definition) is 1. The summed E-state index contributed by atoms with van der Waals surface area (Å²) in [5.41, 5.74) is 1.94. The van der Waals surface area contributed by atoms with E-state index in [1.165, 1.54) is 32.1 Å². The van der Waals surface area contributed by atoms with Crippen LogP contribution in [0.2, 0.25) is 0 Å². The number of carbonyl (C=O) groups is 1. The molecule has 1 aromatic carbocycles. The molecular weight excluding hydrogens is 326 g/mol. The standard InChI is InChI=1S/C21H29N3O2/c1-3-4-5-16-6-10-18(11-7-16)21(25)22-19-12-8-17(9-13-19)14-20-24-23-15(2)26-20/h8-9,12-13,16,18H,3-7,10-11,14H2,1-2H3,(H,22,25). The minimum atomic E-state index is 0.161. The van der Waals surface area contributed by atoms with Gasteiger partial charge in [-0.2, -0.15) is 0 Å². The Labute approximate surface area is 155 Å². The van der Waals surface area contributed by atoms with Crippen LogP contribution in [0, 0.1) is 18.8 Å². The van der Waals surface area contributed by atoms with E-state index in [2.05, 4.69) is 22.4 Å². The van der Waals surface area contributed by atoms with Gasteiger partial charge in [-0.15, -0.1) is 10.2 Å². The van der Waals surface area contributed by atoms with E-state index < -0.39 is 0 Å². The first kappa shape index (κ1) is 18.6. The van der Waals surface area contributed by atoms with Crippen LogP contribution in [0.15, 0.2) is 28.7 Å². The van der Waals surface area contributed by atoms with Crippen molar-refractivity contribution in [2.24, 2.45) is 11.8 Å². The number of aromatic nitrogens is 2. The maximum Gasteiger partial charge on any atom is 0.227 e.